The molecule has 0 saturated carbocycles. The molecule has 1 aliphatic rings. The first kappa shape index (κ1) is 25.6. The van der Waals surface area contributed by atoms with Crippen LogP contribution in [0.15, 0.2) is 67.1 Å². The fourth-order valence-electron chi connectivity index (χ4n) is 4.76. The van der Waals surface area contributed by atoms with E-state index in [-0.39, 0.29) is 11.8 Å². The number of hydrogen-bond acceptors (Lipinski definition) is 5. The molecule has 3 heterocycles. The maximum atomic E-state index is 13.3. The van der Waals surface area contributed by atoms with Gasteiger partial charge in [-0.25, -0.2) is 0 Å². The first-order valence-corrected chi connectivity index (χ1v) is 12.8. The van der Waals surface area contributed by atoms with E-state index in [9.17, 15) is 9.59 Å². The molecule has 0 N–H and O–H groups in total. The highest BCUT2D eigenvalue weighted by Gasteiger charge is 2.21. The normalized spacial score (nSPS) is 15.6. The van der Waals surface area contributed by atoms with Crippen molar-refractivity contribution in [1.82, 2.24) is 24.6 Å². The topological polar surface area (TPSA) is 74.6 Å². The third-order valence-corrected chi connectivity index (χ3v) is 6.58. The van der Waals surface area contributed by atoms with Crippen LogP contribution in [-0.2, 0) is 29.2 Å². The summed E-state index contributed by atoms with van der Waals surface area (Å²) in [4.78, 5) is 36.7. The number of anilines is 1. The summed E-state index contributed by atoms with van der Waals surface area (Å²) < 4.78 is 1.86. The average molecular weight is 489 g/mol. The number of benzene rings is 1. The first-order valence-electron chi connectivity index (χ1n) is 12.8. The van der Waals surface area contributed by atoms with Crippen LogP contribution in [0.3, 0.4) is 0 Å². The molecule has 0 aliphatic carbocycles. The maximum absolute atomic E-state index is 13.3. The van der Waals surface area contributed by atoms with Crippen molar-refractivity contribution in [2.24, 2.45) is 0 Å². The van der Waals surface area contributed by atoms with Gasteiger partial charge in [-0.2, -0.15) is 5.10 Å². The Balaban J connectivity index is 1.51. The molecule has 0 radical (unpaired) electrons. The van der Waals surface area contributed by atoms with Gasteiger partial charge in [0.05, 0.1) is 5.69 Å². The second kappa shape index (κ2) is 13.0. The summed E-state index contributed by atoms with van der Waals surface area (Å²) in [6.45, 7) is 6.65. The molecular weight excluding hydrogens is 452 g/mol. The van der Waals surface area contributed by atoms with E-state index in [0.717, 1.165) is 62.4 Å². The number of pyridine rings is 1. The first-order chi connectivity index (χ1) is 17.6. The fraction of sp³-hybridized carbons (Fsp3) is 0.429. The Kier molecular flexibility index (Phi) is 9.21. The van der Waals surface area contributed by atoms with Gasteiger partial charge in [0.2, 0.25) is 11.8 Å². The highest BCUT2D eigenvalue weighted by Crippen LogP contribution is 2.24. The van der Waals surface area contributed by atoms with Crippen LogP contribution in [0.5, 0.6) is 0 Å². The summed E-state index contributed by atoms with van der Waals surface area (Å²) in [7, 11) is 0. The highest BCUT2D eigenvalue weighted by molar-refractivity contribution is 5.92. The molecule has 0 saturated heterocycles. The number of hydrogen-bond donors (Lipinski definition) is 0. The van der Waals surface area contributed by atoms with Crippen molar-refractivity contribution in [2.75, 3.05) is 31.1 Å². The zero-order valence-corrected chi connectivity index (χ0v) is 21.1. The predicted octanol–water partition coefficient (Wildman–Crippen LogP) is 3.74. The second-order valence-electron chi connectivity index (χ2n) is 9.29. The molecular formula is C28H36N6O2. The van der Waals surface area contributed by atoms with Crippen LogP contribution in [0.2, 0.25) is 0 Å². The van der Waals surface area contributed by atoms with Gasteiger partial charge < -0.3 is 9.80 Å². The number of carbonyl (C=O) groups excluding carboxylic acids is 2. The monoisotopic (exact) mass is 488 g/mol. The van der Waals surface area contributed by atoms with Crippen molar-refractivity contribution in [2.45, 2.75) is 52.2 Å². The van der Waals surface area contributed by atoms with E-state index >= 15 is 0 Å². The van der Waals surface area contributed by atoms with Crippen LogP contribution in [0.4, 0.5) is 5.69 Å². The lowest BCUT2D eigenvalue weighted by Gasteiger charge is -2.31. The summed E-state index contributed by atoms with van der Waals surface area (Å²) in [5.74, 6) is 0.160. The fourth-order valence-corrected chi connectivity index (χ4v) is 4.76. The molecule has 0 unspecified atom stereocenters. The largest absolute Gasteiger partial charge is 0.338 e. The summed E-state index contributed by atoms with van der Waals surface area (Å²) >= 11 is 0. The molecule has 0 atom stereocenters. The van der Waals surface area contributed by atoms with E-state index < -0.39 is 0 Å². The number of aromatic nitrogens is 3. The van der Waals surface area contributed by atoms with E-state index in [1.807, 2.05) is 75.4 Å². The van der Waals surface area contributed by atoms with Crippen LogP contribution in [0.25, 0.3) is 0 Å². The maximum Gasteiger partial charge on any atom is 0.223 e. The molecule has 1 aromatic carbocycles. The van der Waals surface area contributed by atoms with Crippen molar-refractivity contribution >= 4 is 17.5 Å². The Morgan fingerprint density at radius 1 is 0.917 bits per heavy atom. The molecule has 4 rings (SSSR count). The lowest BCUT2D eigenvalue weighted by atomic mass is 10.1. The molecule has 0 spiro atoms. The molecule has 3 aromatic rings. The Morgan fingerprint density at radius 3 is 2.47 bits per heavy atom. The Morgan fingerprint density at radius 2 is 1.72 bits per heavy atom. The lowest BCUT2D eigenvalue weighted by molar-refractivity contribution is -0.132. The highest BCUT2D eigenvalue weighted by atomic mass is 16.2. The van der Waals surface area contributed by atoms with Crippen LogP contribution < -0.4 is 4.90 Å². The van der Waals surface area contributed by atoms with Gasteiger partial charge in [0.25, 0.3) is 0 Å². The zero-order chi connectivity index (χ0) is 25.2. The molecule has 2 amide bonds. The van der Waals surface area contributed by atoms with E-state index in [0.29, 0.717) is 26.1 Å². The number of para-hydroxylation sites is 1. The summed E-state index contributed by atoms with van der Waals surface area (Å²) in [5, 5.41) is 4.24. The molecule has 8 nitrogen and oxygen atoms in total. The van der Waals surface area contributed by atoms with Crippen LogP contribution in [0, 0.1) is 0 Å². The number of aryl methyl sites for hydroxylation is 1. The minimum absolute atomic E-state index is 0.0212. The molecule has 0 fully saturated rings. The minimum Gasteiger partial charge on any atom is -0.338 e. The average Bonchev–Trinajstić information content (AvgIpc) is 3.39. The minimum atomic E-state index is 0.0212. The number of carbonyl (C=O) groups is 2. The standard InChI is InChI=1S/C28H36N6O2/c1-24(35)34-21-9-17-31(23-26-11-4-5-14-29-26)16-8-18-32(22-25-10-2-3-12-27(25)34)28(36)13-6-19-33-20-7-15-30-33/h2-5,7,10-12,14-15,20H,6,8-9,13,16-19,21-23H2,1H3. The third-order valence-electron chi connectivity index (χ3n) is 6.58. The van der Waals surface area contributed by atoms with E-state index in [1.165, 1.54) is 0 Å². The van der Waals surface area contributed by atoms with Gasteiger partial charge >= 0.3 is 0 Å². The summed E-state index contributed by atoms with van der Waals surface area (Å²) in [6.07, 6.45) is 8.47. The summed E-state index contributed by atoms with van der Waals surface area (Å²) in [6, 6.07) is 15.9. The van der Waals surface area contributed by atoms with Gasteiger partial charge in [0, 0.05) is 83.4 Å². The Labute approximate surface area is 213 Å². The van der Waals surface area contributed by atoms with Crippen molar-refractivity contribution in [3.8, 4) is 0 Å². The number of amides is 2. The molecule has 8 heteroatoms. The second-order valence-corrected chi connectivity index (χ2v) is 9.29. The van der Waals surface area contributed by atoms with E-state index in [1.54, 1.807) is 13.1 Å². The van der Waals surface area contributed by atoms with Gasteiger partial charge in [-0.3, -0.25) is 24.2 Å². The molecule has 1 aliphatic heterocycles. The third kappa shape index (κ3) is 7.24. The van der Waals surface area contributed by atoms with E-state index in [2.05, 4.69) is 15.0 Å². The SMILES string of the molecule is CC(=O)N1CCCN(Cc2ccccn2)CCCN(C(=O)CCCn2cccn2)Cc2ccccc21. The number of nitrogens with zero attached hydrogens (tertiary/aromatic N) is 6. The Bertz CT molecular complexity index is 1100. The molecule has 2 aromatic heterocycles. The van der Waals surface area contributed by atoms with Crippen LogP contribution in [0.1, 0.15) is 43.9 Å². The van der Waals surface area contributed by atoms with Crippen molar-refractivity contribution in [3.63, 3.8) is 0 Å². The van der Waals surface area contributed by atoms with Gasteiger partial charge in [-0.15, -0.1) is 0 Å². The number of rotatable bonds is 6. The van der Waals surface area contributed by atoms with Crippen molar-refractivity contribution in [3.05, 3.63) is 78.4 Å². The Hall–Kier alpha value is -3.52. The van der Waals surface area contributed by atoms with Crippen molar-refractivity contribution < 1.29 is 9.59 Å². The zero-order valence-electron chi connectivity index (χ0n) is 21.1. The van der Waals surface area contributed by atoms with Gasteiger partial charge in [0.15, 0.2) is 0 Å². The summed E-state index contributed by atoms with van der Waals surface area (Å²) in [5.41, 5.74) is 2.94. The predicted molar refractivity (Wildman–Crippen MR) is 140 cm³/mol. The van der Waals surface area contributed by atoms with Crippen molar-refractivity contribution in [1.29, 1.82) is 0 Å². The van der Waals surface area contributed by atoms with Crippen LogP contribution in [-0.4, -0.2) is 62.6 Å². The lowest BCUT2D eigenvalue weighted by Crippen LogP contribution is -2.38. The van der Waals surface area contributed by atoms with Gasteiger partial charge in [-0.05, 0) is 49.1 Å². The smallest absolute Gasteiger partial charge is 0.223 e. The van der Waals surface area contributed by atoms with Gasteiger partial charge in [0.1, 0.15) is 0 Å². The molecule has 0 bridgehead atoms. The van der Waals surface area contributed by atoms with Gasteiger partial charge in [-0.1, -0.05) is 24.3 Å². The van der Waals surface area contributed by atoms with Crippen LogP contribution >= 0.6 is 0 Å². The van der Waals surface area contributed by atoms with E-state index in [4.69, 9.17) is 0 Å². The molecule has 36 heavy (non-hydrogen) atoms. The molecule has 190 valence electrons. The number of fused-ring (bicyclic) bond motifs is 1. The quantitative estimate of drug-likeness (QED) is 0.529.